The van der Waals surface area contributed by atoms with E-state index < -0.39 is 0 Å². The maximum atomic E-state index is 9.06. The standard InChI is InChI=1S/C29H21N5S/c30-18-21-14-16-22(17-15-21)20-35-29-32-31-28(34(29)23-8-2-1-3-9-23)19-33-26-12-6-4-10-24(26)25-11-5-7-13-27(25)33/h1-17H,19-20H2. The molecule has 0 unspecified atom stereocenters. The average Bonchev–Trinajstić information content (AvgIpc) is 3.47. The minimum Gasteiger partial charge on any atom is -0.333 e. The van der Waals surface area contributed by atoms with E-state index >= 15 is 0 Å². The molecule has 6 heteroatoms. The summed E-state index contributed by atoms with van der Waals surface area (Å²) in [5.74, 6) is 1.62. The van der Waals surface area contributed by atoms with Crippen molar-refractivity contribution in [2.24, 2.45) is 0 Å². The molecule has 0 radical (unpaired) electrons. The molecule has 6 rings (SSSR count). The highest BCUT2D eigenvalue weighted by molar-refractivity contribution is 7.98. The maximum Gasteiger partial charge on any atom is 0.196 e. The summed E-state index contributed by atoms with van der Waals surface area (Å²) in [4.78, 5) is 0. The highest BCUT2D eigenvalue weighted by Gasteiger charge is 2.18. The van der Waals surface area contributed by atoms with Crippen LogP contribution in [-0.2, 0) is 12.3 Å². The second-order valence-electron chi connectivity index (χ2n) is 8.29. The van der Waals surface area contributed by atoms with Crippen LogP contribution in [0, 0.1) is 11.3 Å². The van der Waals surface area contributed by atoms with Crippen molar-refractivity contribution < 1.29 is 0 Å². The molecule has 0 fully saturated rings. The quantitative estimate of drug-likeness (QED) is 0.257. The molecule has 0 atom stereocenters. The largest absolute Gasteiger partial charge is 0.333 e. The minimum atomic E-state index is 0.605. The molecule has 0 saturated heterocycles. The van der Waals surface area contributed by atoms with Crippen LogP contribution in [0.15, 0.2) is 108 Å². The fraction of sp³-hybridized carbons (Fsp3) is 0.0690. The Morgan fingerprint density at radius 2 is 1.34 bits per heavy atom. The Bertz CT molecular complexity index is 1620. The zero-order chi connectivity index (χ0) is 23.6. The number of nitrogens with zero attached hydrogens (tertiary/aromatic N) is 5. The van der Waals surface area contributed by atoms with Gasteiger partial charge in [0.25, 0.3) is 0 Å². The van der Waals surface area contributed by atoms with Gasteiger partial charge >= 0.3 is 0 Å². The third-order valence-electron chi connectivity index (χ3n) is 6.15. The Morgan fingerprint density at radius 1 is 0.714 bits per heavy atom. The first kappa shape index (κ1) is 21.2. The summed E-state index contributed by atoms with van der Waals surface area (Å²) in [7, 11) is 0. The predicted molar refractivity (Wildman–Crippen MR) is 141 cm³/mol. The van der Waals surface area contributed by atoms with E-state index in [0.29, 0.717) is 12.1 Å². The molecule has 0 aliphatic rings. The number of rotatable bonds is 6. The second-order valence-corrected chi connectivity index (χ2v) is 9.23. The van der Waals surface area contributed by atoms with Crippen molar-refractivity contribution in [2.45, 2.75) is 17.5 Å². The van der Waals surface area contributed by atoms with Crippen molar-refractivity contribution in [3.8, 4) is 11.8 Å². The predicted octanol–water partition coefficient (Wildman–Crippen LogP) is 6.59. The molecule has 2 aromatic heterocycles. The van der Waals surface area contributed by atoms with Crippen molar-refractivity contribution in [3.05, 3.63) is 120 Å². The first-order valence-corrected chi connectivity index (χ1v) is 12.4. The first-order chi connectivity index (χ1) is 17.3. The van der Waals surface area contributed by atoms with Gasteiger partial charge in [-0.1, -0.05) is 78.5 Å². The Balaban J connectivity index is 1.41. The Morgan fingerprint density at radius 3 is 2.00 bits per heavy atom. The van der Waals surface area contributed by atoms with E-state index in [4.69, 9.17) is 5.26 Å². The smallest absolute Gasteiger partial charge is 0.196 e. The minimum absolute atomic E-state index is 0.605. The van der Waals surface area contributed by atoms with Crippen LogP contribution in [0.1, 0.15) is 17.0 Å². The highest BCUT2D eigenvalue weighted by Crippen LogP contribution is 2.31. The molecule has 0 saturated carbocycles. The number of aromatic nitrogens is 4. The molecule has 2 heterocycles. The van der Waals surface area contributed by atoms with Crippen LogP contribution < -0.4 is 0 Å². The van der Waals surface area contributed by atoms with E-state index in [1.54, 1.807) is 11.8 Å². The van der Waals surface area contributed by atoms with Crippen LogP contribution in [0.25, 0.3) is 27.5 Å². The van der Waals surface area contributed by atoms with Gasteiger partial charge in [0.2, 0.25) is 0 Å². The van der Waals surface area contributed by atoms with Crippen LogP contribution in [-0.4, -0.2) is 19.3 Å². The summed E-state index contributed by atoms with van der Waals surface area (Å²) in [5.41, 5.74) is 5.21. The van der Waals surface area contributed by atoms with E-state index in [9.17, 15) is 0 Å². The molecule has 4 aromatic carbocycles. The molecule has 0 N–H and O–H groups in total. The SMILES string of the molecule is N#Cc1ccc(CSc2nnc(Cn3c4ccccc4c4ccccc43)n2-c2ccccc2)cc1. The summed E-state index contributed by atoms with van der Waals surface area (Å²) in [6.45, 7) is 0.605. The lowest BCUT2D eigenvalue weighted by Gasteiger charge is -2.12. The Kier molecular flexibility index (Phi) is 5.53. The van der Waals surface area contributed by atoms with Crippen molar-refractivity contribution >= 4 is 33.6 Å². The number of benzene rings is 4. The maximum absolute atomic E-state index is 9.06. The summed E-state index contributed by atoms with van der Waals surface area (Å²) in [6.07, 6.45) is 0. The van der Waals surface area contributed by atoms with Crippen LogP contribution in [0.4, 0.5) is 0 Å². The average molecular weight is 472 g/mol. The number of hydrogen-bond donors (Lipinski definition) is 0. The van der Waals surface area contributed by atoms with Gasteiger partial charge in [-0.15, -0.1) is 10.2 Å². The summed E-state index contributed by atoms with van der Waals surface area (Å²) in [5, 5.41) is 21.6. The topological polar surface area (TPSA) is 59.4 Å². The third-order valence-corrected chi connectivity index (χ3v) is 7.15. The van der Waals surface area contributed by atoms with Gasteiger partial charge in [-0.25, -0.2) is 0 Å². The van der Waals surface area contributed by atoms with Gasteiger partial charge in [0.1, 0.15) is 0 Å². The van der Waals surface area contributed by atoms with Crippen LogP contribution >= 0.6 is 11.8 Å². The molecule has 5 nitrogen and oxygen atoms in total. The molecular weight excluding hydrogens is 450 g/mol. The van der Waals surface area contributed by atoms with Gasteiger partial charge in [-0.2, -0.15) is 5.26 Å². The van der Waals surface area contributed by atoms with Gasteiger partial charge in [0, 0.05) is 33.2 Å². The summed E-state index contributed by atoms with van der Waals surface area (Å²) >= 11 is 1.65. The Hall–Kier alpha value is -4.34. The third kappa shape index (κ3) is 3.96. The summed E-state index contributed by atoms with van der Waals surface area (Å²) < 4.78 is 4.47. The van der Waals surface area contributed by atoms with Crippen LogP contribution in [0.3, 0.4) is 0 Å². The molecule has 0 bridgehead atoms. The van der Waals surface area contributed by atoms with E-state index in [1.165, 1.54) is 21.8 Å². The zero-order valence-electron chi connectivity index (χ0n) is 18.9. The van der Waals surface area contributed by atoms with Crippen molar-refractivity contribution in [1.82, 2.24) is 19.3 Å². The van der Waals surface area contributed by atoms with Gasteiger partial charge in [0.05, 0.1) is 18.2 Å². The number of para-hydroxylation sites is 3. The van der Waals surface area contributed by atoms with Gasteiger partial charge < -0.3 is 4.57 Å². The van der Waals surface area contributed by atoms with Gasteiger partial charge in [0.15, 0.2) is 11.0 Å². The lowest BCUT2D eigenvalue weighted by atomic mass is 10.2. The molecular formula is C29H21N5S. The highest BCUT2D eigenvalue weighted by atomic mass is 32.2. The number of hydrogen-bond acceptors (Lipinski definition) is 4. The van der Waals surface area contributed by atoms with E-state index in [-0.39, 0.29) is 0 Å². The molecule has 0 aliphatic carbocycles. The van der Waals surface area contributed by atoms with Crippen LogP contribution in [0.2, 0.25) is 0 Å². The van der Waals surface area contributed by atoms with Gasteiger partial charge in [-0.3, -0.25) is 4.57 Å². The first-order valence-electron chi connectivity index (χ1n) is 11.4. The lowest BCUT2D eigenvalue weighted by Crippen LogP contribution is -2.08. The van der Waals surface area contributed by atoms with Crippen molar-refractivity contribution in [3.63, 3.8) is 0 Å². The second kappa shape index (κ2) is 9.13. The van der Waals surface area contributed by atoms with Crippen LogP contribution in [0.5, 0.6) is 0 Å². The summed E-state index contributed by atoms with van der Waals surface area (Å²) in [6, 6.07) is 37.2. The number of thioether (sulfide) groups is 1. The molecule has 6 aromatic rings. The molecule has 0 spiro atoms. The zero-order valence-corrected chi connectivity index (χ0v) is 19.7. The molecule has 168 valence electrons. The monoisotopic (exact) mass is 471 g/mol. The van der Waals surface area contributed by atoms with E-state index in [0.717, 1.165) is 28.0 Å². The fourth-order valence-corrected chi connectivity index (χ4v) is 5.40. The molecule has 0 amide bonds. The normalized spacial score (nSPS) is 11.2. The van der Waals surface area contributed by atoms with Crippen molar-refractivity contribution in [2.75, 3.05) is 0 Å². The van der Waals surface area contributed by atoms with Gasteiger partial charge in [-0.05, 0) is 42.0 Å². The Labute approximate surface area is 207 Å². The lowest BCUT2D eigenvalue weighted by molar-refractivity contribution is 0.754. The van der Waals surface area contributed by atoms with Crippen molar-refractivity contribution in [1.29, 1.82) is 5.26 Å². The van der Waals surface area contributed by atoms with E-state index in [2.05, 4.69) is 86.1 Å². The molecule has 35 heavy (non-hydrogen) atoms. The number of nitriles is 1. The molecule has 0 aliphatic heterocycles. The fourth-order valence-electron chi connectivity index (χ4n) is 4.47. The number of fused-ring (bicyclic) bond motifs is 3. The van der Waals surface area contributed by atoms with E-state index in [1.807, 2.05) is 42.5 Å².